The Labute approximate surface area is 167 Å². The van der Waals surface area contributed by atoms with Gasteiger partial charge in [0, 0.05) is 17.0 Å². The van der Waals surface area contributed by atoms with Crippen LogP contribution in [0, 0.1) is 0 Å². The van der Waals surface area contributed by atoms with Gasteiger partial charge in [0.2, 0.25) is 5.91 Å². The smallest absolute Gasteiger partial charge is 0.287 e. The summed E-state index contributed by atoms with van der Waals surface area (Å²) in [5, 5.41) is 7.41. The Morgan fingerprint density at radius 3 is 2.61 bits per heavy atom. The topological polar surface area (TPSA) is 96.1 Å². The Balaban J connectivity index is 1.50. The average Bonchev–Trinajstić information content (AvgIpc) is 3.21. The molecule has 2 amide bonds. The number of nitrogens with one attached hydrogen (secondary N) is 3. The number of benzene rings is 2. The number of rotatable bonds is 6. The molecular weight excluding hydrogens is 380 g/mol. The molecule has 0 aliphatic rings. The van der Waals surface area contributed by atoms with Crippen molar-refractivity contribution in [1.82, 2.24) is 21.0 Å². The second kappa shape index (κ2) is 9.05. The number of hydrogen-bond acceptors (Lipinski definition) is 4. The summed E-state index contributed by atoms with van der Waals surface area (Å²) in [4.78, 5) is 24.1. The standard InChI is InChI=1S/C20H19ClN4O3/c1-28-16-8-6-14(7-9-16)17-12-18(23-22-17)20(27)25-24-19(26)10-5-13-3-2-4-15(21)11-13/h2-4,6-9,11-12H,5,10H2,1H3,(H,22,23)(H,24,26)(H,25,27). The molecule has 3 aromatic rings. The van der Waals surface area contributed by atoms with Gasteiger partial charge in [0.15, 0.2) is 0 Å². The van der Waals surface area contributed by atoms with E-state index in [2.05, 4.69) is 21.0 Å². The first-order valence-electron chi connectivity index (χ1n) is 8.58. The van der Waals surface area contributed by atoms with Crippen LogP contribution in [0.4, 0.5) is 0 Å². The van der Waals surface area contributed by atoms with Gasteiger partial charge in [-0.3, -0.25) is 25.5 Å². The molecule has 0 aliphatic heterocycles. The summed E-state index contributed by atoms with van der Waals surface area (Å²) in [5.41, 5.74) is 7.40. The largest absolute Gasteiger partial charge is 0.497 e. The number of ether oxygens (including phenoxy) is 1. The summed E-state index contributed by atoms with van der Waals surface area (Å²) in [5.74, 6) is -0.0516. The predicted molar refractivity (Wildman–Crippen MR) is 106 cm³/mol. The highest BCUT2D eigenvalue weighted by atomic mass is 35.5. The van der Waals surface area contributed by atoms with Crippen LogP contribution in [0.5, 0.6) is 5.75 Å². The molecular formula is C20H19ClN4O3. The zero-order valence-corrected chi connectivity index (χ0v) is 15.9. The molecule has 1 aromatic heterocycles. The van der Waals surface area contributed by atoms with Crippen LogP contribution in [0.1, 0.15) is 22.5 Å². The molecule has 8 heteroatoms. The zero-order chi connectivity index (χ0) is 19.9. The fraction of sp³-hybridized carbons (Fsp3) is 0.150. The Kier molecular flexibility index (Phi) is 6.29. The van der Waals surface area contributed by atoms with Crippen molar-refractivity contribution in [3.63, 3.8) is 0 Å². The molecule has 3 rings (SSSR count). The first-order chi connectivity index (χ1) is 13.5. The van der Waals surface area contributed by atoms with E-state index in [1.165, 1.54) is 0 Å². The minimum Gasteiger partial charge on any atom is -0.497 e. The van der Waals surface area contributed by atoms with Gasteiger partial charge in [0.1, 0.15) is 11.4 Å². The van der Waals surface area contributed by atoms with Crippen LogP contribution in [-0.4, -0.2) is 29.1 Å². The molecule has 0 unspecified atom stereocenters. The number of nitrogens with zero attached hydrogens (tertiary/aromatic N) is 1. The summed E-state index contributed by atoms with van der Waals surface area (Å²) < 4.78 is 5.12. The zero-order valence-electron chi connectivity index (χ0n) is 15.2. The number of aryl methyl sites for hydroxylation is 1. The monoisotopic (exact) mass is 398 g/mol. The Morgan fingerprint density at radius 2 is 1.89 bits per heavy atom. The second-order valence-electron chi connectivity index (χ2n) is 6.03. The maximum Gasteiger partial charge on any atom is 0.287 e. The fourth-order valence-electron chi connectivity index (χ4n) is 2.55. The predicted octanol–water partition coefficient (Wildman–Crippen LogP) is 3.13. The highest BCUT2D eigenvalue weighted by Crippen LogP contribution is 2.21. The van der Waals surface area contributed by atoms with Crippen LogP contribution in [-0.2, 0) is 11.2 Å². The van der Waals surface area contributed by atoms with E-state index in [0.717, 1.165) is 16.9 Å². The van der Waals surface area contributed by atoms with Crippen molar-refractivity contribution in [2.45, 2.75) is 12.8 Å². The molecule has 0 saturated heterocycles. The third-order valence-electron chi connectivity index (χ3n) is 4.05. The number of aromatic nitrogens is 2. The normalized spacial score (nSPS) is 10.4. The Bertz CT molecular complexity index is 970. The molecule has 28 heavy (non-hydrogen) atoms. The molecule has 3 N–H and O–H groups in total. The molecule has 144 valence electrons. The van der Waals surface area contributed by atoms with Crippen molar-refractivity contribution >= 4 is 23.4 Å². The minimum absolute atomic E-state index is 0.223. The van der Waals surface area contributed by atoms with Crippen LogP contribution in [0.3, 0.4) is 0 Å². The van der Waals surface area contributed by atoms with Crippen LogP contribution >= 0.6 is 11.6 Å². The lowest BCUT2D eigenvalue weighted by Gasteiger charge is -2.06. The maximum absolute atomic E-state index is 12.2. The lowest BCUT2D eigenvalue weighted by atomic mass is 10.1. The van der Waals surface area contributed by atoms with Crippen molar-refractivity contribution < 1.29 is 14.3 Å². The van der Waals surface area contributed by atoms with E-state index < -0.39 is 5.91 Å². The van der Waals surface area contributed by atoms with Crippen molar-refractivity contribution in [3.8, 4) is 17.0 Å². The lowest BCUT2D eigenvalue weighted by Crippen LogP contribution is -2.41. The van der Waals surface area contributed by atoms with Crippen LogP contribution in [0.2, 0.25) is 5.02 Å². The fourth-order valence-corrected chi connectivity index (χ4v) is 2.77. The first-order valence-corrected chi connectivity index (χ1v) is 8.96. The SMILES string of the molecule is COc1ccc(-c2cc(C(=O)NNC(=O)CCc3cccc(Cl)c3)[nH]n2)cc1. The molecule has 1 heterocycles. The van der Waals surface area contributed by atoms with Gasteiger partial charge >= 0.3 is 0 Å². The highest BCUT2D eigenvalue weighted by molar-refractivity contribution is 6.30. The number of carbonyl (C=O) groups is 2. The quantitative estimate of drug-likeness (QED) is 0.556. The number of hydrogen-bond donors (Lipinski definition) is 3. The number of halogens is 1. The summed E-state index contributed by atoms with van der Waals surface area (Å²) in [7, 11) is 1.59. The van der Waals surface area contributed by atoms with Crippen molar-refractivity contribution in [1.29, 1.82) is 0 Å². The van der Waals surface area contributed by atoms with Gasteiger partial charge < -0.3 is 4.74 Å². The summed E-state index contributed by atoms with van der Waals surface area (Å²) in [6.07, 6.45) is 0.745. The molecule has 2 aromatic carbocycles. The third kappa shape index (κ3) is 5.11. The van der Waals surface area contributed by atoms with Gasteiger partial charge in [0.25, 0.3) is 5.91 Å². The lowest BCUT2D eigenvalue weighted by molar-refractivity contribution is -0.121. The van der Waals surface area contributed by atoms with Crippen LogP contribution < -0.4 is 15.6 Å². The van der Waals surface area contributed by atoms with Crippen molar-refractivity contribution in [2.75, 3.05) is 7.11 Å². The van der Waals surface area contributed by atoms with E-state index in [1.54, 1.807) is 25.3 Å². The Morgan fingerprint density at radius 1 is 1.11 bits per heavy atom. The van der Waals surface area contributed by atoms with E-state index >= 15 is 0 Å². The van der Waals surface area contributed by atoms with Gasteiger partial charge in [0.05, 0.1) is 12.8 Å². The van der Waals surface area contributed by atoms with Gasteiger partial charge in [-0.1, -0.05) is 23.7 Å². The number of methoxy groups -OCH3 is 1. The number of aromatic amines is 1. The number of amides is 2. The minimum atomic E-state index is -0.483. The molecule has 0 fully saturated rings. The number of hydrazine groups is 1. The van der Waals surface area contributed by atoms with Gasteiger partial charge in [-0.2, -0.15) is 5.10 Å². The van der Waals surface area contributed by atoms with E-state index in [-0.39, 0.29) is 18.0 Å². The summed E-state index contributed by atoms with van der Waals surface area (Å²) in [6.45, 7) is 0. The van der Waals surface area contributed by atoms with Crippen molar-refractivity contribution in [2.24, 2.45) is 0 Å². The molecule has 0 radical (unpaired) electrons. The molecule has 0 bridgehead atoms. The molecule has 0 aliphatic carbocycles. The van der Waals surface area contributed by atoms with Crippen LogP contribution in [0.15, 0.2) is 54.6 Å². The van der Waals surface area contributed by atoms with E-state index in [9.17, 15) is 9.59 Å². The molecule has 7 nitrogen and oxygen atoms in total. The van der Waals surface area contributed by atoms with E-state index in [0.29, 0.717) is 17.1 Å². The molecule has 0 saturated carbocycles. The van der Waals surface area contributed by atoms with Gasteiger partial charge in [-0.05, 0) is 54.4 Å². The molecule has 0 spiro atoms. The maximum atomic E-state index is 12.2. The molecule has 0 atom stereocenters. The third-order valence-corrected chi connectivity index (χ3v) is 4.29. The average molecular weight is 399 g/mol. The highest BCUT2D eigenvalue weighted by Gasteiger charge is 2.12. The summed E-state index contributed by atoms with van der Waals surface area (Å²) in [6, 6.07) is 16.2. The number of carbonyl (C=O) groups excluding carboxylic acids is 2. The summed E-state index contributed by atoms with van der Waals surface area (Å²) >= 11 is 5.92. The Hall–Kier alpha value is -3.32. The second-order valence-corrected chi connectivity index (χ2v) is 6.46. The van der Waals surface area contributed by atoms with E-state index in [4.69, 9.17) is 16.3 Å². The van der Waals surface area contributed by atoms with Crippen LogP contribution in [0.25, 0.3) is 11.3 Å². The number of H-pyrrole nitrogens is 1. The first kappa shape index (κ1) is 19.4. The van der Waals surface area contributed by atoms with Crippen molar-refractivity contribution in [3.05, 3.63) is 70.9 Å². The van der Waals surface area contributed by atoms with E-state index in [1.807, 2.05) is 36.4 Å². The van der Waals surface area contributed by atoms with Gasteiger partial charge in [-0.25, -0.2) is 0 Å². The van der Waals surface area contributed by atoms with Gasteiger partial charge in [-0.15, -0.1) is 0 Å².